The summed E-state index contributed by atoms with van der Waals surface area (Å²) in [6.45, 7) is 7.86. The lowest BCUT2D eigenvalue weighted by Crippen LogP contribution is -2.55. The number of hydrogen-bond donors (Lipinski definition) is 0. The standard InChI is InChI=1S/C24H31N3O3/c1-28-22-9-3-2-8-21(22)27-14-12-26(13-15-27)20-7-5-11-25(17-20)16-19-6-4-10-23-24(19)30-18-29-23/h2-4,6,8-10,20H,5,7,11-18H2,1H3/t20-/m0/s1. The fourth-order valence-electron chi connectivity index (χ4n) is 5.05. The highest BCUT2D eigenvalue weighted by Gasteiger charge is 2.29. The van der Waals surface area contributed by atoms with Crippen LogP contribution in [0.15, 0.2) is 42.5 Å². The first-order valence-electron chi connectivity index (χ1n) is 11.0. The van der Waals surface area contributed by atoms with Crippen LogP contribution in [0.2, 0.25) is 0 Å². The van der Waals surface area contributed by atoms with E-state index in [0.29, 0.717) is 12.8 Å². The van der Waals surface area contributed by atoms with Gasteiger partial charge in [0, 0.05) is 50.9 Å². The molecular formula is C24H31N3O3. The predicted molar refractivity (Wildman–Crippen MR) is 118 cm³/mol. The third kappa shape index (κ3) is 3.94. The molecule has 6 heteroatoms. The van der Waals surface area contributed by atoms with Crippen LogP contribution in [0.4, 0.5) is 5.69 Å². The van der Waals surface area contributed by atoms with Crippen LogP contribution < -0.4 is 19.1 Å². The second-order valence-corrected chi connectivity index (χ2v) is 8.38. The lowest BCUT2D eigenvalue weighted by Gasteiger charge is -2.44. The van der Waals surface area contributed by atoms with E-state index in [9.17, 15) is 0 Å². The quantitative estimate of drug-likeness (QED) is 0.755. The van der Waals surface area contributed by atoms with Crippen molar-refractivity contribution in [1.29, 1.82) is 0 Å². The molecule has 3 aliphatic rings. The Morgan fingerprint density at radius 3 is 2.70 bits per heavy atom. The van der Waals surface area contributed by atoms with Gasteiger partial charge in [-0.2, -0.15) is 0 Å². The maximum Gasteiger partial charge on any atom is 0.231 e. The minimum absolute atomic E-state index is 0.339. The van der Waals surface area contributed by atoms with Crippen molar-refractivity contribution >= 4 is 5.69 Å². The third-order valence-corrected chi connectivity index (χ3v) is 6.61. The largest absolute Gasteiger partial charge is 0.495 e. The molecule has 160 valence electrons. The minimum atomic E-state index is 0.339. The van der Waals surface area contributed by atoms with E-state index in [2.05, 4.69) is 45.0 Å². The molecule has 0 N–H and O–H groups in total. The van der Waals surface area contributed by atoms with Crippen molar-refractivity contribution in [3.8, 4) is 17.2 Å². The van der Waals surface area contributed by atoms with Gasteiger partial charge in [-0.1, -0.05) is 24.3 Å². The van der Waals surface area contributed by atoms with Crippen molar-refractivity contribution in [3.05, 3.63) is 48.0 Å². The molecule has 2 saturated heterocycles. The van der Waals surface area contributed by atoms with Crippen LogP contribution in [0.3, 0.4) is 0 Å². The van der Waals surface area contributed by atoms with E-state index in [4.69, 9.17) is 14.2 Å². The molecule has 6 nitrogen and oxygen atoms in total. The van der Waals surface area contributed by atoms with E-state index in [0.717, 1.165) is 63.1 Å². The molecule has 0 amide bonds. The Hall–Kier alpha value is -2.44. The molecule has 30 heavy (non-hydrogen) atoms. The molecule has 1 atom stereocenters. The molecule has 0 spiro atoms. The molecule has 5 rings (SSSR count). The molecular weight excluding hydrogens is 378 g/mol. The zero-order valence-corrected chi connectivity index (χ0v) is 17.8. The van der Waals surface area contributed by atoms with Gasteiger partial charge in [-0.25, -0.2) is 0 Å². The minimum Gasteiger partial charge on any atom is -0.495 e. The van der Waals surface area contributed by atoms with E-state index < -0.39 is 0 Å². The normalized spacial score (nSPS) is 22.3. The number of ether oxygens (including phenoxy) is 3. The van der Waals surface area contributed by atoms with Crippen LogP contribution in [-0.2, 0) is 6.54 Å². The summed E-state index contributed by atoms with van der Waals surface area (Å²) in [5.41, 5.74) is 2.46. The highest BCUT2D eigenvalue weighted by Crippen LogP contribution is 2.36. The maximum atomic E-state index is 5.71. The van der Waals surface area contributed by atoms with Crippen molar-refractivity contribution in [1.82, 2.24) is 9.80 Å². The number of methoxy groups -OCH3 is 1. The van der Waals surface area contributed by atoms with Gasteiger partial charge in [-0.15, -0.1) is 0 Å². The van der Waals surface area contributed by atoms with Crippen molar-refractivity contribution < 1.29 is 14.2 Å². The molecule has 2 aromatic carbocycles. The average molecular weight is 410 g/mol. The first kappa shape index (κ1) is 19.5. The predicted octanol–water partition coefficient (Wildman–Crippen LogP) is 3.21. The van der Waals surface area contributed by atoms with Crippen LogP contribution in [0, 0.1) is 0 Å². The van der Waals surface area contributed by atoms with E-state index >= 15 is 0 Å². The van der Waals surface area contributed by atoms with Crippen molar-refractivity contribution in [2.45, 2.75) is 25.4 Å². The molecule has 0 saturated carbocycles. The Morgan fingerprint density at radius 2 is 1.83 bits per heavy atom. The molecule has 2 fully saturated rings. The number of fused-ring (bicyclic) bond motifs is 1. The Kier molecular flexibility index (Phi) is 5.69. The molecule has 2 aromatic rings. The van der Waals surface area contributed by atoms with Gasteiger partial charge < -0.3 is 19.1 Å². The van der Waals surface area contributed by atoms with Gasteiger partial charge in [0.05, 0.1) is 12.8 Å². The number of hydrogen-bond acceptors (Lipinski definition) is 6. The van der Waals surface area contributed by atoms with Crippen molar-refractivity contribution in [3.63, 3.8) is 0 Å². The number of likely N-dealkylation sites (tertiary alicyclic amines) is 1. The molecule has 3 heterocycles. The van der Waals surface area contributed by atoms with E-state index in [1.54, 1.807) is 7.11 Å². The topological polar surface area (TPSA) is 37.4 Å². The van der Waals surface area contributed by atoms with Gasteiger partial charge in [-0.05, 0) is 37.6 Å². The van der Waals surface area contributed by atoms with E-state index in [1.807, 2.05) is 12.1 Å². The Labute approximate surface area is 178 Å². The number of rotatable bonds is 5. The van der Waals surface area contributed by atoms with Crippen LogP contribution in [-0.4, -0.2) is 69.0 Å². The van der Waals surface area contributed by atoms with Crippen LogP contribution >= 0.6 is 0 Å². The Bertz CT molecular complexity index is 867. The second kappa shape index (κ2) is 8.74. The summed E-state index contributed by atoms with van der Waals surface area (Å²) in [5.74, 6) is 2.79. The Morgan fingerprint density at radius 1 is 0.967 bits per heavy atom. The smallest absolute Gasteiger partial charge is 0.231 e. The van der Waals surface area contributed by atoms with Crippen molar-refractivity contribution in [2.24, 2.45) is 0 Å². The number of anilines is 1. The highest BCUT2D eigenvalue weighted by molar-refractivity contribution is 5.58. The molecule has 0 aliphatic carbocycles. The van der Waals surface area contributed by atoms with Crippen LogP contribution in [0.1, 0.15) is 18.4 Å². The lowest BCUT2D eigenvalue weighted by atomic mass is 10.0. The van der Waals surface area contributed by atoms with Gasteiger partial charge >= 0.3 is 0 Å². The van der Waals surface area contributed by atoms with Gasteiger partial charge in [-0.3, -0.25) is 9.80 Å². The molecule has 3 aliphatic heterocycles. The highest BCUT2D eigenvalue weighted by atomic mass is 16.7. The summed E-state index contributed by atoms with van der Waals surface area (Å²) in [6, 6.07) is 15.2. The van der Waals surface area contributed by atoms with Gasteiger partial charge in [0.25, 0.3) is 0 Å². The average Bonchev–Trinajstić information content (AvgIpc) is 3.29. The summed E-state index contributed by atoms with van der Waals surface area (Å²) in [6.07, 6.45) is 2.54. The van der Waals surface area contributed by atoms with Crippen LogP contribution in [0.25, 0.3) is 0 Å². The Balaban J connectivity index is 1.19. The summed E-state index contributed by atoms with van der Waals surface area (Å²) in [7, 11) is 1.75. The molecule has 0 aromatic heterocycles. The second-order valence-electron chi connectivity index (χ2n) is 8.38. The van der Waals surface area contributed by atoms with Crippen molar-refractivity contribution in [2.75, 3.05) is 58.1 Å². The third-order valence-electron chi connectivity index (χ3n) is 6.61. The number of benzene rings is 2. The zero-order chi connectivity index (χ0) is 20.3. The van der Waals surface area contributed by atoms with Crippen LogP contribution in [0.5, 0.6) is 17.2 Å². The zero-order valence-electron chi connectivity index (χ0n) is 17.8. The first-order chi connectivity index (χ1) is 14.8. The van der Waals surface area contributed by atoms with E-state index in [1.165, 1.54) is 24.1 Å². The number of nitrogens with zero attached hydrogens (tertiary/aromatic N) is 3. The van der Waals surface area contributed by atoms with Gasteiger partial charge in [0.1, 0.15) is 5.75 Å². The summed E-state index contributed by atoms with van der Waals surface area (Å²) < 4.78 is 16.8. The molecule has 0 unspecified atom stereocenters. The monoisotopic (exact) mass is 409 g/mol. The fraction of sp³-hybridized carbons (Fsp3) is 0.500. The number of piperidine rings is 1. The maximum absolute atomic E-state index is 5.71. The number of para-hydroxylation sites is 3. The fourth-order valence-corrected chi connectivity index (χ4v) is 5.05. The first-order valence-corrected chi connectivity index (χ1v) is 11.0. The summed E-state index contributed by atoms with van der Waals surface area (Å²) >= 11 is 0. The SMILES string of the molecule is COc1ccccc1N1CCN([C@H]2CCCN(Cc3cccc4c3OCO4)C2)CC1. The number of piperazine rings is 1. The van der Waals surface area contributed by atoms with Gasteiger partial charge in [0.15, 0.2) is 11.5 Å². The summed E-state index contributed by atoms with van der Waals surface area (Å²) in [5, 5.41) is 0. The summed E-state index contributed by atoms with van der Waals surface area (Å²) in [4.78, 5) is 7.73. The van der Waals surface area contributed by atoms with Gasteiger partial charge in [0.2, 0.25) is 6.79 Å². The molecule has 0 bridgehead atoms. The molecule has 0 radical (unpaired) electrons. The van der Waals surface area contributed by atoms with E-state index in [-0.39, 0.29) is 0 Å². The lowest BCUT2D eigenvalue weighted by molar-refractivity contribution is 0.0880.